The second kappa shape index (κ2) is 10.1. The van der Waals surface area contributed by atoms with E-state index in [0.717, 1.165) is 66.5 Å². The average molecular weight is 590 g/mol. The first-order valence-corrected chi connectivity index (χ1v) is 15.2. The summed E-state index contributed by atoms with van der Waals surface area (Å²) in [6.45, 7) is 6.58. The number of hydrogen-bond donors (Lipinski definition) is 1. The van der Waals surface area contributed by atoms with Gasteiger partial charge in [0.25, 0.3) is 0 Å². The summed E-state index contributed by atoms with van der Waals surface area (Å²) < 4.78 is 24.2. The summed E-state index contributed by atoms with van der Waals surface area (Å²) in [7, 11) is 1.66. The van der Waals surface area contributed by atoms with E-state index in [9.17, 15) is 0 Å². The van der Waals surface area contributed by atoms with E-state index in [2.05, 4.69) is 84.9 Å². The average Bonchev–Trinajstić information content (AvgIpc) is 3.59. The molecule has 0 amide bonds. The lowest BCUT2D eigenvalue weighted by Crippen LogP contribution is -2.12. The standard InChI is InChI=1S/C40H32FN3O/c1-40(2,3)24-18-19-42-38(20-24)44-36-21-25(45-4)16-17-29(36)33-22-34(41)32(23-37(33)44)27-11-6-5-10-26(27)30-13-9-14-31-28-12-7-8-15-35(28)43-39(30)31/h5-23,43H,1-4H3. The molecule has 0 aliphatic rings. The topological polar surface area (TPSA) is 42.8 Å². The van der Waals surface area contributed by atoms with Crippen LogP contribution in [0.25, 0.3) is 71.7 Å². The summed E-state index contributed by atoms with van der Waals surface area (Å²) in [5.41, 5.74) is 8.38. The molecule has 0 spiro atoms. The van der Waals surface area contributed by atoms with Crippen molar-refractivity contribution >= 4 is 43.6 Å². The molecule has 220 valence electrons. The van der Waals surface area contributed by atoms with Gasteiger partial charge in [0, 0.05) is 50.5 Å². The summed E-state index contributed by atoms with van der Waals surface area (Å²) in [6, 6.07) is 36.5. The molecule has 3 aromatic heterocycles. The molecule has 8 rings (SSSR count). The van der Waals surface area contributed by atoms with Crippen LogP contribution < -0.4 is 4.74 Å². The molecule has 5 aromatic carbocycles. The van der Waals surface area contributed by atoms with Crippen molar-refractivity contribution < 1.29 is 9.13 Å². The van der Waals surface area contributed by atoms with Crippen molar-refractivity contribution in [3.8, 4) is 33.8 Å². The zero-order chi connectivity index (χ0) is 30.9. The first-order valence-electron chi connectivity index (χ1n) is 15.2. The minimum absolute atomic E-state index is 0.0615. The van der Waals surface area contributed by atoms with Crippen molar-refractivity contribution in [1.29, 1.82) is 0 Å². The zero-order valence-electron chi connectivity index (χ0n) is 25.7. The lowest BCUT2D eigenvalue weighted by atomic mass is 9.88. The van der Waals surface area contributed by atoms with Gasteiger partial charge in [-0.25, -0.2) is 9.37 Å². The fraction of sp³-hybridized carbons (Fsp3) is 0.125. The van der Waals surface area contributed by atoms with E-state index in [-0.39, 0.29) is 11.2 Å². The molecule has 0 saturated carbocycles. The Bertz CT molecular complexity index is 2430. The second-order valence-electron chi connectivity index (χ2n) is 12.7. The highest BCUT2D eigenvalue weighted by Crippen LogP contribution is 2.42. The number of fused-ring (bicyclic) bond motifs is 6. The Labute approximate surface area is 260 Å². The molecule has 5 heteroatoms. The Balaban J connectivity index is 1.41. The Morgan fingerprint density at radius 2 is 1.38 bits per heavy atom. The molecule has 4 nitrogen and oxygen atoms in total. The summed E-state index contributed by atoms with van der Waals surface area (Å²) in [5, 5.41) is 4.08. The van der Waals surface area contributed by atoms with E-state index in [4.69, 9.17) is 9.72 Å². The Morgan fingerprint density at radius 1 is 0.667 bits per heavy atom. The van der Waals surface area contributed by atoms with Gasteiger partial charge in [0.2, 0.25) is 0 Å². The fourth-order valence-corrected chi connectivity index (χ4v) is 6.65. The van der Waals surface area contributed by atoms with Gasteiger partial charge in [0.05, 0.1) is 23.7 Å². The monoisotopic (exact) mass is 589 g/mol. The molecule has 0 aliphatic heterocycles. The number of aromatic amines is 1. The van der Waals surface area contributed by atoms with Gasteiger partial charge >= 0.3 is 0 Å². The van der Waals surface area contributed by atoms with Crippen molar-refractivity contribution in [2.24, 2.45) is 0 Å². The van der Waals surface area contributed by atoms with Crippen LogP contribution in [-0.4, -0.2) is 21.6 Å². The first kappa shape index (κ1) is 27.2. The van der Waals surface area contributed by atoms with Crippen LogP contribution in [0.15, 0.2) is 115 Å². The van der Waals surface area contributed by atoms with Crippen LogP contribution in [-0.2, 0) is 5.41 Å². The molecule has 0 unspecified atom stereocenters. The highest BCUT2D eigenvalue weighted by molar-refractivity contribution is 6.14. The maximum absolute atomic E-state index is 16.4. The molecule has 0 saturated heterocycles. The van der Waals surface area contributed by atoms with Gasteiger partial charge in [0.15, 0.2) is 0 Å². The number of aromatic nitrogens is 3. The van der Waals surface area contributed by atoms with Gasteiger partial charge in [-0.15, -0.1) is 0 Å². The number of nitrogens with zero attached hydrogens (tertiary/aromatic N) is 2. The zero-order valence-corrected chi connectivity index (χ0v) is 25.7. The molecule has 0 radical (unpaired) electrons. The van der Waals surface area contributed by atoms with Crippen molar-refractivity contribution in [2.75, 3.05) is 7.11 Å². The molecule has 3 heterocycles. The maximum atomic E-state index is 16.4. The highest BCUT2D eigenvalue weighted by atomic mass is 19.1. The number of rotatable bonds is 4. The number of nitrogens with one attached hydrogen (secondary N) is 1. The maximum Gasteiger partial charge on any atom is 0.137 e. The Kier molecular flexibility index (Phi) is 6.07. The predicted octanol–water partition coefficient (Wildman–Crippen LogP) is 10.6. The molecule has 0 bridgehead atoms. The predicted molar refractivity (Wildman–Crippen MR) is 184 cm³/mol. The van der Waals surface area contributed by atoms with Crippen LogP contribution in [0.1, 0.15) is 26.3 Å². The van der Waals surface area contributed by atoms with E-state index in [1.165, 1.54) is 10.9 Å². The van der Waals surface area contributed by atoms with Crippen LogP contribution in [0, 0.1) is 5.82 Å². The van der Waals surface area contributed by atoms with Gasteiger partial charge in [0.1, 0.15) is 17.4 Å². The number of pyridine rings is 1. The summed E-state index contributed by atoms with van der Waals surface area (Å²) >= 11 is 0. The van der Waals surface area contributed by atoms with Crippen molar-refractivity contribution in [2.45, 2.75) is 26.2 Å². The van der Waals surface area contributed by atoms with Gasteiger partial charge < -0.3 is 9.72 Å². The highest BCUT2D eigenvalue weighted by Gasteiger charge is 2.22. The smallest absolute Gasteiger partial charge is 0.137 e. The molecule has 8 aromatic rings. The number of H-pyrrole nitrogens is 1. The van der Waals surface area contributed by atoms with Crippen LogP contribution in [0.3, 0.4) is 0 Å². The normalized spacial score (nSPS) is 12.1. The molecular formula is C40H32FN3O. The fourth-order valence-electron chi connectivity index (χ4n) is 6.65. The van der Waals surface area contributed by atoms with Gasteiger partial charge in [-0.05, 0) is 64.6 Å². The molecule has 0 fully saturated rings. The summed E-state index contributed by atoms with van der Waals surface area (Å²) in [5.74, 6) is 1.24. The Hall–Kier alpha value is -5.42. The molecular weight excluding hydrogens is 557 g/mol. The number of para-hydroxylation sites is 2. The number of ether oxygens (including phenoxy) is 1. The third-order valence-corrected chi connectivity index (χ3v) is 8.95. The minimum atomic E-state index is -0.273. The summed E-state index contributed by atoms with van der Waals surface area (Å²) in [4.78, 5) is 8.45. The quantitative estimate of drug-likeness (QED) is 0.222. The third kappa shape index (κ3) is 4.30. The summed E-state index contributed by atoms with van der Waals surface area (Å²) in [6.07, 6.45) is 1.86. The number of benzene rings is 5. The largest absolute Gasteiger partial charge is 0.497 e. The third-order valence-electron chi connectivity index (χ3n) is 8.95. The number of methoxy groups -OCH3 is 1. The second-order valence-corrected chi connectivity index (χ2v) is 12.7. The van der Waals surface area contributed by atoms with Crippen LogP contribution in [0.4, 0.5) is 4.39 Å². The number of hydrogen-bond acceptors (Lipinski definition) is 2. The van der Waals surface area contributed by atoms with Crippen molar-refractivity contribution in [3.05, 3.63) is 127 Å². The molecule has 0 atom stereocenters. The minimum Gasteiger partial charge on any atom is -0.497 e. The number of halogens is 1. The van der Waals surface area contributed by atoms with Gasteiger partial charge in [-0.2, -0.15) is 0 Å². The van der Waals surface area contributed by atoms with E-state index in [1.807, 2.05) is 54.7 Å². The molecule has 0 aliphatic carbocycles. The van der Waals surface area contributed by atoms with E-state index in [0.29, 0.717) is 5.56 Å². The van der Waals surface area contributed by atoms with Gasteiger partial charge in [-0.3, -0.25) is 4.57 Å². The molecule has 45 heavy (non-hydrogen) atoms. The lowest BCUT2D eigenvalue weighted by Gasteiger charge is -2.20. The van der Waals surface area contributed by atoms with E-state index >= 15 is 4.39 Å². The van der Waals surface area contributed by atoms with Crippen LogP contribution in [0.2, 0.25) is 0 Å². The van der Waals surface area contributed by atoms with E-state index in [1.54, 1.807) is 13.2 Å². The van der Waals surface area contributed by atoms with Gasteiger partial charge in [-0.1, -0.05) is 81.4 Å². The lowest BCUT2D eigenvalue weighted by molar-refractivity contribution is 0.415. The van der Waals surface area contributed by atoms with Crippen LogP contribution in [0.5, 0.6) is 5.75 Å². The Morgan fingerprint density at radius 3 is 2.18 bits per heavy atom. The van der Waals surface area contributed by atoms with Crippen molar-refractivity contribution in [3.63, 3.8) is 0 Å². The van der Waals surface area contributed by atoms with E-state index < -0.39 is 0 Å². The SMILES string of the molecule is COc1ccc2c3cc(F)c(-c4ccccc4-c4cccc5c4[nH]c4ccccc45)cc3n(-c3cc(C(C)(C)C)ccn3)c2c1. The van der Waals surface area contributed by atoms with Crippen LogP contribution >= 0.6 is 0 Å². The molecule has 1 N–H and O–H groups in total. The van der Waals surface area contributed by atoms with Crippen molar-refractivity contribution in [1.82, 2.24) is 14.5 Å². The first-order chi connectivity index (χ1) is 21.8.